The van der Waals surface area contributed by atoms with Crippen LogP contribution in [0.1, 0.15) is 69.1 Å². The van der Waals surface area contributed by atoms with Crippen LogP contribution in [0, 0.1) is 17.8 Å². The Kier molecular flexibility index (Phi) is 9.61. The van der Waals surface area contributed by atoms with Crippen molar-refractivity contribution in [2.45, 2.75) is 101 Å². The number of sulfonamides is 1. The fourth-order valence-electron chi connectivity index (χ4n) is 7.56. The van der Waals surface area contributed by atoms with Crippen LogP contribution in [0.3, 0.4) is 0 Å². The summed E-state index contributed by atoms with van der Waals surface area (Å²) in [5.74, 6) is -2.77. The van der Waals surface area contributed by atoms with Gasteiger partial charge in [-0.15, -0.1) is 0 Å². The average Bonchev–Trinajstić information content (AvgIpc) is 4.01. The molecule has 1 saturated heterocycles. The molecule has 53 heavy (non-hydrogen) atoms. The second kappa shape index (κ2) is 13.7. The number of nitrogens with zero attached hydrogens (tertiary/aromatic N) is 2. The molecule has 17 heteroatoms. The minimum absolute atomic E-state index is 0.0417. The zero-order chi connectivity index (χ0) is 38.0. The van der Waals surface area contributed by atoms with Crippen molar-refractivity contribution in [3.05, 3.63) is 64.2 Å². The van der Waals surface area contributed by atoms with E-state index in [0.717, 1.165) is 36.1 Å². The maximum atomic E-state index is 14.4. The molecule has 0 spiro atoms. The number of benzene rings is 2. The maximum Gasteiger partial charge on any atom is 0.416 e. The average molecular weight is 780 g/mol. The molecule has 3 N–H and O–H groups in total. The Morgan fingerprint density at radius 1 is 1.02 bits per heavy atom. The third-order valence-corrected chi connectivity index (χ3v) is 13.1. The van der Waals surface area contributed by atoms with Crippen LogP contribution in [-0.4, -0.2) is 77.6 Å². The van der Waals surface area contributed by atoms with Crippen LogP contribution in [0.4, 0.5) is 23.7 Å². The van der Waals surface area contributed by atoms with Gasteiger partial charge in [-0.1, -0.05) is 43.6 Å². The number of hydrogen-bond donors (Lipinski definition) is 3. The lowest BCUT2D eigenvalue weighted by Gasteiger charge is -2.32. The lowest BCUT2D eigenvalue weighted by molar-refractivity contribution is -0.141. The van der Waals surface area contributed by atoms with Crippen LogP contribution in [0.25, 0.3) is 0 Å². The van der Waals surface area contributed by atoms with Crippen molar-refractivity contribution in [2.24, 2.45) is 17.8 Å². The fraction of sp³-hybridized carbons (Fsp3) is 0.556. The smallest absolute Gasteiger partial charge is 0.416 e. The van der Waals surface area contributed by atoms with Gasteiger partial charge >= 0.3 is 12.3 Å². The van der Waals surface area contributed by atoms with Gasteiger partial charge in [0.05, 0.1) is 23.9 Å². The van der Waals surface area contributed by atoms with Gasteiger partial charge in [0.25, 0.3) is 5.91 Å². The van der Waals surface area contributed by atoms with Gasteiger partial charge in [0.1, 0.15) is 23.7 Å². The molecule has 286 valence electrons. The van der Waals surface area contributed by atoms with Crippen molar-refractivity contribution in [1.29, 1.82) is 0 Å². The standard InChI is InChI=1S/C36H41ClF3N5O7S/c1-19(2)30(41-23-7-4-6-22(13-23)36(38,39)40)32(47)45-17-24(52-34(49)44-16-21-5-3-8-28(37)26(21)18-44)14-29(45)31(46)42-35(15-27(35)20-9-10-20)33(48)43-53(50,51)25-11-12-25/h3-8,13,19-20,24-25,27,29-30,41H,9-12,14-18H2,1-2H3,(H,42,46)(H,43,48)/t24?,27-,29-,30-,35+/m0/s1. The zero-order valence-electron chi connectivity index (χ0n) is 29.1. The van der Waals surface area contributed by atoms with E-state index < -0.39 is 80.5 Å². The summed E-state index contributed by atoms with van der Waals surface area (Å²) in [4.78, 5) is 58.3. The molecule has 3 saturated carbocycles. The second-order valence-corrected chi connectivity index (χ2v) is 17.6. The van der Waals surface area contributed by atoms with E-state index in [9.17, 15) is 40.8 Å². The number of nitrogens with one attached hydrogen (secondary N) is 3. The topological polar surface area (TPSA) is 154 Å². The number of hydrogen-bond acceptors (Lipinski definition) is 8. The van der Waals surface area contributed by atoms with E-state index in [1.54, 1.807) is 26.0 Å². The van der Waals surface area contributed by atoms with Gasteiger partial charge in [-0.25, -0.2) is 13.2 Å². The molecule has 12 nitrogen and oxygen atoms in total. The Balaban J connectivity index is 1.13. The first-order valence-corrected chi connectivity index (χ1v) is 19.7. The summed E-state index contributed by atoms with van der Waals surface area (Å²) in [5.41, 5.74) is -0.709. The summed E-state index contributed by atoms with van der Waals surface area (Å²) in [7, 11) is -3.92. The van der Waals surface area contributed by atoms with Crippen molar-refractivity contribution < 1.29 is 45.5 Å². The number of fused-ring (bicyclic) bond motifs is 1. The molecule has 0 radical (unpaired) electrons. The van der Waals surface area contributed by atoms with E-state index in [0.29, 0.717) is 17.9 Å². The normalized spacial score (nSPS) is 25.8. The van der Waals surface area contributed by atoms with E-state index in [1.165, 1.54) is 21.9 Å². The largest absolute Gasteiger partial charge is 0.444 e. The molecule has 0 aromatic heterocycles. The number of alkyl halides is 3. The van der Waals surface area contributed by atoms with Gasteiger partial charge in [-0.3, -0.25) is 24.0 Å². The molecule has 0 bridgehead atoms. The van der Waals surface area contributed by atoms with Gasteiger partial charge in [0.15, 0.2) is 0 Å². The maximum absolute atomic E-state index is 14.4. The second-order valence-electron chi connectivity index (χ2n) is 15.2. The summed E-state index contributed by atoms with van der Waals surface area (Å²) in [5, 5.41) is 5.58. The number of anilines is 1. The molecule has 4 amide bonds. The first-order valence-electron chi connectivity index (χ1n) is 17.8. The first kappa shape index (κ1) is 37.3. The summed E-state index contributed by atoms with van der Waals surface area (Å²) in [6.07, 6.45) is -3.61. The molecule has 3 aliphatic carbocycles. The van der Waals surface area contributed by atoms with Crippen LogP contribution >= 0.6 is 11.6 Å². The number of rotatable bonds is 11. The lowest BCUT2D eigenvalue weighted by Crippen LogP contribution is -2.58. The molecular formula is C36H41ClF3N5O7S. The Morgan fingerprint density at radius 2 is 1.74 bits per heavy atom. The Bertz CT molecular complexity index is 1940. The third kappa shape index (κ3) is 7.66. The number of halogens is 4. The molecule has 2 aliphatic heterocycles. The molecule has 2 heterocycles. The van der Waals surface area contributed by atoms with E-state index in [2.05, 4.69) is 15.4 Å². The van der Waals surface area contributed by atoms with Crippen molar-refractivity contribution in [2.75, 3.05) is 11.9 Å². The molecule has 7 rings (SSSR count). The number of carbonyl (C=O) groups is 4. The quantitative estimate of drug-likeness (QED) is 0.294. The Hall–Kier alpha value is -4.05. The van der Waals surface area contributed by atoms with Crippen molar-refractivity contribution in [3.8, 4) is 0 Å². The van der Waals surface area contributed by atoms with E-state index in [4.69, 9.17) is 16.3 Å². The third-order valence-electron chi connectivity index (χ3n) is 10.9. The summed E-state index contributed by atoms with van der Waals surface area (Å²) in [6, 6.07) is 7.43. The van der Waals surface area contributed by atoms with E-state index in [-0.39, 0.29) is 50.0 Å². The molecule has 2 aromatic carbocycles. The Labute approximate surface area is 310 Å². The highest BCUT2D eigenvalue weighted by Crippen LogP contribution is 2.57. The highest BCUT2D eigenvalue weighted by molar-refractivity contribution is 7.91. The zero-order valence-corrected chi connectivity index (χ0v) is 30.7. The van der Waals surface area contributed by atoms with Crippen LogP contribution in [0.5, 0.6) is 0 Å². The number of likely N-dealkylation sites (tertiary alicyclic amines) is 1. The van der Waals surface area contributed by atoms with Crippen LogP contribution < -0.4 is 15.4 Å². The van der Waals surface area contributed by atoms with Crippen molar-refractivity contribution >= 4 is 51.1 Å². The van der Waals surface area contributed by atoms with Gasteiger partial charge in [0, 0.05) is 23.7 Å². The number of amides is 4. The minimum Gasteiger partial charge on any atom is -0.444 e. The predicted molar refractivity (Wildman–Crippen MR) is 187 cm³/mol. The summed E-state index contributed by atoms with van der Waals surface area (Å²) in [6.45, 7) is 3.64. The van der Waals surface area contributed by atoms with Crippen LogP contribution in [0.2, 0.25) is 5.02 Å². The summed E-state index contributed by atoms with van der Waals surface area (Å²) >= 11 is 6.34. The monoisotopic (exact) mass is 779 g/mol. The fourth-order valence-corrected chi connectivity index (χ4v) is 9.18. The van der Waals surface area contributed by atoms with Crippen LogP contribution in [0.15, 0.2) is 42.5 Å². The van der Waals surface area contributed by atoms with Gasteiger partial charge in [-0.05, 0) is 85.3 Å². The SMILES string of the molecule is CC(C)[C@H](Nc1cccc(C(F)(F)F)c1)C(=O)N1CC(OC(=O)N2Cc3cccc(Cl)c3C2)C[C@H]1C(=O)N[C@]1(C(=O)NS(=O)(=O)C2CC2)C[C@H]1C1CC1. The highest BCUT2D eigenvalue weighted by Gasteiger charge is 2.67. The molecule has 5 aliphatic rings. The molecule has 5 atom stereocenters. The van der Waals surface area contributed by atoms with E-state index in [1.807, 2.05) is 6.07 Å². The lowest BCUT2D eigenvalue weighted by atomic mass is 10.0. The molecule has 1 unspecified atom stereocenters. The first-order chi connectivity index (χ1) is 25.0. The van der Waals surface area contributed by atoms with Crippen molar-refractivity contribution in [1.82, 2.24) is 19.8 Å². The van der Waals surface area contributed by atoms with Gasteiger partial charge in [0.2, 0.25) is 21.8 Å². The van der Waals surface area contributed by atoms with Crippen LogP contribution in [-0.2, 0) is 48.4 Å². The van der Waals surface area contributed by atoms with Crippen molar-refractivity contribution in [3.63, 3.8) is 0 Å². The number of ether oxygens (including phenoxy) is 1. The minimum atomic E-state index is -4.62. The molecule has 2 aromatic rings. The van der Waals surface area contributed by atoms with Gasteiger partial charge < -0.3 is 20.3 Å². The van der Waals surface area contributed by atoms with Gasteiger partial charge in [-0.2, -0.15) is 13.2 Å². The summed E-state index contributed by atoms with van der Waals surface area (Å²) < 4.78 is 74.1. The van der Waals surface area contributed by atoms with E-state index >= 15 is 0 Å². The highest BCUT2D eigenvalue weighted by atomic mass is 35.5. The number of carbonyl (C=O) groups excluding carboxylic acids is 4. The predicted octanol–water partition coefficient (Wildman–Crippen LogP) is 4.81. The Morgan fingerprint density at radius 3 is 2.38 bits per heavy atom. The molecule has 4 fully saturated rings. The molecular weight excluding hydrogens is 739 g/mol.